The molecule has 0 aliphatic carbocycles. The summed E-state index contributed by atoms with van der Waals surface area (Å²) in [6, 6.07) is 0.974. The SMILES string of the molecule is C=C(C)CC[Si](C)(C)OC(C)=O. The highest BCUT2D eigenvalue weighted by Gasteiger charge is 2.24. The summed E-state index contributed by atoms with van der Waals surface area (Å²) in [6.07, 6.45) is 0.965. The minimum absolute atomic E-state index is 0.159. The maximum Gasteiger partial charge on any atom is 0.289 e. The Bertz CT molecular complexity index is 185. The highest BCUT2D eigenvalue weighted by Crippen LogP contribution is 2.16. The summed E-state index contributed by atoms with van der Waals surface area (Å²) in [5.74, 6) is -0.159. The highest BCUT2D eigenvalue weighted by atomic mass is 28.4. The van der Waals surface area contributed by atoms with E-state index in [0.29, 0.717) is 0 Å². The van der Waals surface area contributed by atoms with E-state index >= 15 is 0 Å². The van der Waals surface area contributed by atoms with Crippen molar-refractivity contribution in [1.29, 1.82) is 0 Å². The Morgan fingerprint density at radius 2 is 1.92 bits per heavy atom. The third-order valence-corrected chi connectivity index (χ3v) is 3.87. The molecule has 0 atom stereocenters. The van der Waals surface area contributed by atoms with Gasteiger partial charge in [0.2, 0.25) is 8.32 Å². The van der Waals surface area contributed by atoms with E-state index in [1.54, 1.807) is 0 Å². The van der Waals surface area contributed by atoms with Gasteiger partial charge in [0.15, 0.2) is 0 Å². The van der Waals surface area contributed by atoms with Crippen molar-refractivity contribution >= 4 is 14.3 Å². The Balaban J connectivity index is 3.86. The molecule has 0 aromatic rings. The predicted octanol–water partition coefficient (Wildman–Crippen LogP) is 2.72. The molecule has 0 bridgehead atoms. The van der Waals surface area contributed by atoms with E-state index in [2.05, 4.69) is 19.7 Å². The van der Waals surface area contributed by atoms with Gasteiger partial charge in [0.05, 0.1) is 0 Å². The second kappa shape index (κ2) is 4.45. The Morgan fingerprint density at radius 1 is 1.42 bits per heavy atom. The van der Waals surface area contributed by atoms with Crippen molar-refractivity contribution in [3.63, 3.8) is 0 Å². The topological polar surface area (TPSA) is 26.3 Å². The molecule has 0 amide bonds. The molecule has 70 valence electrons. The normalized spacial score (nSPS) is 11.0. The average molecular weight is 186 g/mol. The van der Waals surface area contributed by atoms with Crippen LogP contribution in [0.25, 0.3) is 0 Å². The lowest BCUT2D eigenvalue weighted by Gasteiger charge is -2.21. The first-order chi connectivity index (χ1) is 5.33. The fraction of sp³-hybridized carbons (Fsp3) is 0.667. The molecule has 0 fully saturated rings. The molecular formula is C9H18O2Si. The zero-order valence-electron chi connectivity index (χ0n) is 8.44. The average Bonchev–Trinajstić information content (AvgIpc) is 1.81. The van der Waals surface area contributed by atoms with E-state index in [4.69, 9.17) is 4.43 Å². The van der Waals surface area contributed by atoms with Gasteiger partial charge in [-0.15, -0.1) is 6.58 Å². The maximum absolute atomic E-state index is 10.7. The molecule has 0 aliphatic rings. The summed E-state index contributed by atoms with van der Waals surface area (Å²) in [5, 5.41) is 0. The molecule has 0 rings (SSSR count). The van der Waals surface area contributed by atoms with E-state index in [1.807, 2.05) is 6.92 Å². The lowest BCUT2D eigenvalue weighted by Crippen LogP contribution is -2.32. The van der Waals surface area contributed by atoms with Crippen molar-refractivity contribution in [3.05, 3.63) is 12.2 Å². The van der Waals surface area contributed by atoms with Crippen molar-refractivity contribution in [2.75, 3.05) is 0 Å². The van der Waals surface area contributed by atoms with Gasteiger partial charge < -0.3 is 4.43 Å². The van der Waals surface area contributed by atoms with Crippen LogP contribution in [0, 0.1) is 0 Å². The molecule has 0 radical (unpaired) electrons. The second-order valence-corrected chi connectivity index (χ2v) is 8.03. The largest absolute Gasteiger partial charge is 0.520 e. The molecule has 3 heteroatoms. The molecule has 0 unspecified atom stereocenters. The first kappa shape index (κ1) is 11.4. The lowest BCUT2D eigenvalue weighted by atomic mass is 10.3. The molecule has 0 saturated heterocycles. The van der Waals surface area contributed by atoms with E-state index in [1.165, 1.54) is 6.92 Å². The number of carbonyl (C=O) groups excluding carboxylic acids is 1. The summed E-state index contributed by atoms with van der Waals surface area (Å²) in [6.45, 7) is 11.4. The Morgan fingerprint density at radius 3 is 2.25 bits per heavy atom. The fourth-order valence-electron chi connectivity index (χ4n) is 0.955. The van der Waals surface area contributed by atoms with E-state index in [-0.39, 0.29) is 5.97 Å². The molecule has 0 saturated carbocycles. The lowest BCUT2D eigenvalue weighted by molar-refractivity contribution is -0.132. The molecule has 0 spiro atoms. The Labute approximate surface area is 75.7 Å². The molecule has 0 aromatic carbocycles. The van der Waals surface area contributed by atoms with Crippen LogP contribution in [0.2, 0.25) is 19.1 Å². The summed E-state index contributed by atoms with van der Waals surface area (Å²) in [5.41, 5.74) is 1.16. The number of hydrogen-bond donors (Lipinski definition) is 0. The van der Waals surface area contributed by atoms with Crippen LogP contribution in [0.1, 0.15) is 20.3 Å². The van der Waals surface area contributed by atoms with Gasteiger partial charge in [-0.2, -0.15) is 0 Å². The minimum Gasteiger partial charge on any atom is -0.520 e. The van der Waals surface area contributed by atoms with Gasteiger partial charge in [-0.1, -0.05) is 5.57 Å². The van der Waals surface area contributed by atoms with E-state index < -0.39 is 8.32 Å². The number of carbonyl (C=O) groups is 1. The second-order valence-electron chi connectivity index (χ2n) is 3.81. The van der Waals surface area contributed by atoms with Crippen molar-refractivity contribution in [2.45, 2.75) is 39.4 Å². The summed E-state index contributed by atoms with van der Waals surface area (Å²) in [4.78, 5) is 10.7. The van der Waals surface area contributed by atoms with Crippen LogP contribution in [0.4, 0.5) is 0 Å². The maximum atomic E-state index is 10.7. The third kappa shape index (κ3) is 6.16. The molecule has 0 aromatic heterocycles. The molecule has 2 nitrogen and oxygen atoms in total. The fourth-order valence-corrected chi connectivity index (χ4v) is 2.86. The predicted molar refractivity (Wildman–Crippen MR) is 53.5 cm³/mol. The van der Waals surface area contributed by atoms with Crippen LogP contribution in [0.15, 0.2) is 12.2 Å². The molecule has 0 heterocycles. The molecule has 0 aliphatic heterocycles. The van der Waals surface area contributed by atoms with Crippen LogP contribution in [0.3, 0.4) is 0 Å². The van der Waals surface area contributed by atoms with E-state index in [9.17, 15) is 4.79 Å². The van der Waals surface area contributed by atoms with Crippen molar-refractivity contribution in [3.8, 4) is 0 Å². The third-order valence-electron chi connectivity index (χ3n) is 1.57. The Hall–Kier alpha value is -0.573. The van der Waals surface area contributed by atoms with Crippen molar-refractivity contribution in [1.82, 2.24) is 0 Å². The van der Waals surface area contributed by atoms with Gasteiger partial charge in [0.1, 0.15) is 0 Å². The minimum atomic E-state index is -1.74. The number of allylic oxidation sites excluding steroid dienone is 1. The van der Waals surface area contributed by atoms with Crippen LogP contribution in [0.5, 0.6) is 0 Å². The van der Waals surface area contributed by atoms with E-state index in [0.717, 1.165) is 18.0 Å². The van der Waals surface area contributed by atoms with Gasteiger partial charge in [0.25, 0.3) is 5.97 Å². The van der Waals surface area contributed by atoms with Crippen molar-refractivity contribution < 1.29 is 9.22 Å². The monoisotopic (exact) mass is 186 g/mol. The molecule has 12 heavy (non-hydrogen) atoms. The number of hydrogen-bond acceptors (Lipinski definition) is 2. The Kier molecular flexibility index (Phi) is 4.24. The van der Waals surface area contributed by atoms with Crippen molar-refractivity contribution in [2.24, 2.45) is 0 Å². The number of rotatable bonds is 4. The van der Waals surface area contributed by atoms with Gasteiger partial charge in [-0.05, 0) is 32.5 Å². The summed E-state index contributed by atoms with van der Waals surface area (Å²) >= 11 is 0. The molecule has 0 N–H and O–H groups in total. The summed E-state index contributed by atoms with van der Waals surface area (Å²) in [7, 11) is -1.74. The van der Waals surface area contributed by atoms with Crippen LogP contribution >= 0.6 is 0 Å². The highest BCUT2D eigenvalue weighted by molar-refractivity contribution is 6.72. The standard InChI is InChI=1S/C9H18O2Si/c1-8(2)6-7-12(4,5)11-9(3)10/h1,6-7H2,2-5H3. The van der Waals surface area contributed by atoms with Crippen LogP contribution < -0.4 is 0 Å². The summed E-state index contributed by atoms with van der Waals surface area (Å²) < 4.78 is 5.25. The zero-order valence-corrected chi connectivity index (χ0v) is 9.44. The molecular weight excluding hydrogens is 168 g/mol. The van der Waals surface area contributed by atoms with Gasteiger partial charge in [-0.3, -0.25) is 4.79 Å². The van der Waals surface area contributed by atoms with Crippen LogP contribution in [-0.2, 0) is 9.22 Å². The zero-order chi connectivity index (χ0) is 9.78. The van der Waals surface area contributed by atoms with Gasteiger partial charge in [0, 0.05) is 6.92 Å². The quantitative estimate of drug-likeness (QED) is 0.498. The first-order valence-electron chi connectivity index (χ1n) is 4.17. The van der Waals surface area contributed by atoms with Gasteiger partial charge in [-0.25, -0.2) is 0 Å². The van der Waals surface area contributed by atoms with Crippen LogP contribution in [-0.4, -0.2) is 14.3 Å². The first-order valence-corrected chi connectivity index (χ1v) is 7.29. The smallest absolute Gasteiger partial charge is 0.289 e. The van der Waals surface area contributed by atoms with Gasteiger partial charge >= 0.3 is 0 Å².